The standard InChI is InChI=1S/C14H8F8N2/c15-7-3(1-23)8(16)12(20)5(11(7)19)6-13(21)9(17)4(2-24)10(18)14(6)22/h1-2,23-24H2. The van der Waals surface area contributed by atoms with Gasteiger partial charge in [-0.15, -0.1) is 0 Å². The highest BCUT2D eigenvalue weighted by atomic mass is 19.2. The summed E-state index contributed by atoms with van der Waals surface area (Å²) >= 11 is 0. The molecule has 24 heavy (non-hydrogen) atoms. The van der Waals surface area contributed by atoms with Gasteiger partial charge in [0.05, 0.1) is 11.1 Å². The Morgan fingerprint density at radius 2 is 0.625 bits per heavy atom. The van der Waals surface area contributed by atoms with Crippen LogP contribution in [0.3, 0.4) is 0 Å². The topological polar surface area (TPSA) is 52.0 Å². The number of hydrogen-bond donors (Lipinski definition) is 2. The second-order valence-electron chi connectivity index (χ2n) is 4.63. The van der Waals surface area contributed by atoms with E-state index in [4.69, 9.17) is 11.5 Å². The molecule has 0 saturated carbocycles. The smallest absolute Gasteiger partial charge is 0.170 e. The minimum absolute atomic E-state index is 0.967. The van der Waals surface area contributed by atoms with E-state index in [0.29, 0.717) is 0 Å². The molecule has 0 amide bonds. The van der Waals surface area contributed by atoms with E-state index >= 15 is 0 Å². The molecular weight excluding hydrogens is 348 g/mol. The molecule has 0 saturated heterocycles. The second kappa shape index (κ2) is 6.36. The van der Waals surface area contributed by atoms with Gasteiger partial charge in [0, 0.05) is 24.2 Å². The summed E-state index contributed by atoms with van der Waals surface area (Å²) in [5.41, 5.74) is 3.54. The van der Waals surface area contributed by atoms with Gasteiger partial charge in [0.2, 0.25) is 0 Å². The molecule has 2 aromatic rings. The molecule has 2 aromatic carbocycles. The van der Waals surface area contributed by atoms with Gasteiger partial charge in [-0.1, -0.05) is 0 Å². The molecule has 0 aliphatic rings. The quantitative estimate of drug-likeness (QED) is 0.654. The summed E-state index contributed by atoms with van der Waals surface area (Å²) in [5.74, 6) is -17.1. The van der Waals surface area contributed by atoms with Crippen molar-refractivity contribution in [3.63, 3.8) is 0 Å². The Bertz CT molecular complexity index is 707. The highest BCUT2D eigenvalue weighted by molar-refractivity contribution is 5.68. The molecule has 2 nitrogen and oxygen atoms in total. The maximum absolute atomic E-state index is 13.9. The van der Waals surface area contributed by atoms with Crippen LogP contribution in [0.25, 0.3) is 11.1 Å². The fourth-order valence-electron chi connectivity index (χ4n) is 2.15. The van der Waals surface area contributed by atoms with Crippen LogP contribution in [0.2, 0.25) is 0 Å². The third kappa shape index (κ3) is 2.42. The van der Waals surface area contributed by atoms with Crippen molar-refractivity contribution in [1.29, 1.82) is 0 Å². The molecule has 0 bridgehead atoms. The monoisotopic (exact) mass is 356 g/mol. The zero-order chi connectivity index (χ0) is 18.3. The summed E-state index contributed by atoms with van der Waals surface area (Å²) in [6.07, 6.45) is 0. The zero-order valence-corrected chi connectivity index (χ0v) is 11.6. The zero-order valence-electron chi connectivity index (χ0n) is 11.6. The van der Waals surface area contributed by atoms with Crippen LogP contribution in [0.5, 0.6) is 0 Å². The van der Waals surface area contributed by atoms with E-state index in [2.05, 4.69) is 0 Å². The first-order chi connectivity index (χ1) is 11.2. The Hall–Kier alpha value is -2.20. The van der Waals surface area contributed by atoms with Crippen molar-refractivity contribution in [3.05, 3.63) is 57.7 Å². The summed E-state index contributed by atoms with van der Waals surface area (Å²) in [6.45, 7) is -1.93. The summed E-state index contributed by atoms with van der Waals surface area (Å²) < 4.78 is 111. The first-order valence-electron chi connectivity index (χ1n) is 6.29. The molecule has 0 aliphatic heterocycles. The van der Waals surface area contributed by atoms with Crippen LogP contribution < -0.4 is 11.5 Å². The average Bonchev–Trinajstić information content (AvgIpc) is 2.55. The molecule has 0 atom stereocenters. The summed E-state index contributed by atoms with van der Waals surface area (Å²) in [7, 11) is 0. The fourth-order valence-corrected chi connectivity index (χ4v) is 2.15. The number of hydrogen-bond acceptors (Lipinski definition) is 2. The lowest BCUT2D eigenvalue weighted by Gasteiger charge is -2.14. The molecule has 0 unspecified atom stereocenters. The van der Waals surface area contributed by atoms with Crippen LogP contribution in [0.4, 0.5) is 35.1 Å². The summed E-state index contributed by atoms with van der Waals surface area (Å²) in [5, 5.41) is 0. The molecule has 0 aliphatic carbocycles. The van der Waals surface area contributed by atoms with E-state index in [1.165, 1.54) is 0 Å². The van der Waals surface area contributed by atoms with E-state index in [1.807, 2.05) is 0 Å². The molecule has 130 valence electrons. The van der Waals surface area contributed by atoms with Crippen molar-refractivity contribution in [2.75, 3.05) is 0 Å². The third-order valence-corrected chi connectivity index (χ3v) is 3.37. The van der Waals surface area contributed by atoms with Crippen LogP contribution in [0, 0.1) is 46.5 Å². The Morgan fingerprint density at radius 3 is 0.792 bits per heavy atom. The maximum atomic E-state index is 13.9. The van der Waals surface area contributed by atoms with Crippen molar-refractivity contribution in [3.8, 4) is 11.1 Å². The number of benzene rings is 2. The Morgan fingerprint density at radius 1 is 0.417 bits per heavy atom. The molecule has 2 rings (SSSR count). The van der Waals surface area contributed by atoms with Gasteiger partial charge in [-0.2, -0.15) is 0 Å². The van der Waals surface area contributed by atoms with Crippen LogP contribution in [-0.2, 0) is 13.1 Å². The molecular formula is C14H8F8N2. The minimum atomic E-state index is -2.24. The van der Waals surface area contributed by atoms with Crippen molar-refractivity contribution >= 4 is 0 Å². The van der Waals surface area contributed by atoms with Gasteiger partial charge in [0.15, 0.2) is 46.5 Å². The van der Waals surface area contributed by atoms with Crippen LogP contribution in [0.1, 0.15) is 11.1 Å². The van der Waals surface area contributed by atoms with Gasteiger partial charge >= 0.3 is 0 Å². The maximum Gasteiger partial charge on any atom is 0.170 e. The lowest BCUT2D eigenvalue weighted by molar-refractivity contribution is 0.428. The van der Waals surface area contributed by atoms with Crippen molar-refractivity contribution < 1.29 is 35.1 Å². The number of halogens is 8. The Labute approximate surface area is 129 Å². The van der Waals surface area contributed by atoms with Crippen LogP contribution in [0.15, 0.2) is 0 Å². The highest BCUT2D eigenvalue weighted by Crippen LogP contribution is 2.37. The fraction of sp³-hybridized carbons (Fsp3) is 0.143. The minimum Gasteiger partial charge on any atom is -0.326 e. The number of nitrogens with two attached hydrogens (primary N) is 2. The Kier molecular flexibility index (Phi) is 4.81. The largest absolute Gasteiger partial charge is 0.326 e. The van der Waals surface area contributed by atoms with E-state index < -0.39 is 81.9 Å². The Balaban J connectivity index is 2.99. The first-order valence-corrected chi connectivity index (χ1v) is 6.29. The van der Waals surface area contributed by atoms with Crippen LogP contribution in [-0.4, -0.2) is 0 Å². The molecule has 10 heteroatoms. The average molecular weight is 356 g/mol. The van der Waals surface area contributed by atoms with Gasteiger partial charge in [-0.25, -0.2) is 35.1 Å². The lowest BCUT2D eigenvalue weighted by atomic mass is 9.97. The van der Waals surface area contributed by atoms with Gasteiger partial charge < -0.3 is 11.5 Å². The lowest BCUT2D eigenvalue weighted by Crippen LogP contribution is -2.14. The predicted octanol–water partition coefficient (Wildman–Crippen LogP) is 3.38. The SMILES string of the molecule is NCc1c(F)c(F)c(-c2c(F)c(F)c(CN)c(F)c2F)c(F)c1F. The van der Waals surface area contributed by atoms with E-state index in [9.17, 15) is 35.1 Å². The van der Waals surface area contributed by atoms with Gasteiger partial charge in [0.25, 0.3) is 0 Å². The molecule has 0 radical (unpaired) electrons. The van der Waals surface area contributed by atoms with Gasteiger partial charge in [-0.05, 0) is 0 Å². The second-order valence-corrected chi connectivity index (χ2v) is 4.63. The van der Waals surface area contributed by atoms with Crippen molar-refractivity contribution in [2.24, 2.45) is 11.5 Å². The molecule has 0 spiro atoms. The summed E-state index contributed by atoms with van der Waals surface area (Å²) in [6, 6.07) is 0. The van der Waals surface area contributed by atoms with Crippen molar-refractivity contribution in [2.45, 2.75) is 13.1 Å². The summed E-state index contributed by atoms with van der Waals surface area (Å²) in [4.78, 5) is 0. The van der Waals surface area contributed by atoms with E-state index in [-0.39, 0.29) is 0 Å². The van der Waals surface area contributed by atoms with E-state index in [0.717, 1.165) is 0 Å². The molecule has 0 aromatic heterocycles. The van der Waals surface area contributed by atoms with Gasteiger partial charge in [-0.3, -0.25) is 0 Å². The normalized spacial score (nSPS) is 11.2. The molecule has 0 heterocycles. The van der Waals surface area contributed by atoms with E-state index in [1.54, 1.807) is 0 Å². The molecule has 0 fully saturated rings. The first kappa shape index (κ1) is 18.1. The molecule has 4 N–H and O–H groups in total. The number of rotatable bonds is 3. The van der Waals surface area contributed by atoms with Gasteiger partial charge in [0.1, 0.15) is 0 Å². The van der Waals surface area contributed by atoms with Crippen LogP contribution >= 0.6 is 0 Å². The third-order valence-electron chi connectivity index (χ3n) is 3.37. The van der Waals surface area contributed by atoms with Crippen molar-refractivity contribution in [1.82, 2.24) is 0 Å². The highest BCUT2D eigenvalue weighted by Gasteiger charge is 2.33. The predicted molar refractivity (Wildman–Crippen MR) is 67.3 cm³/mol.